The molecule has 1 aromatic carbocycles. The Bertz CT molecular complexity index is 740. The van der Waals surface area contributed by atoms with Crippen molar-refractivity contribution in [3.05, 3.63) is 54.5 Å². The molecular formula is C22H29N5O. The molecule has 2 aliphatic heterocycles. The van der Waals surface area contributed by atoms with Gasteiger partial charge in [-0.1, -0.05) is 30.3 Å². The summed E-state index contributed by atoms with van der Waals surface area (Å²) in [6.45, 7) is 4.63. The molecule has 6 nitrogen and oxygen atoms in total. The van der Waals surface area contributed by atoms with Crippen LogP contribution in [0.15, 0.2) is 48.9 Å². The first kappa shape index (κ1) is 18.9. The van der Waals surface area contributed by atoms with Crippen LogP contribution in [-0.4, -0.2) is 53.5 Å². The molecule has 1 unspecified atom stereocenters. The zero-order chi connectivity index (χ0) is 19.2. The number of aromatic nitrogens is 2. The van der Waals surface area contributed by atoms with E-state index in [1.54, 1.807) is 18.6 Å². The summed E-state index contributed by atoms with van der Waals surface area (Å²) in [6, 6.07) is 10.8. The monoisotopic (exact) mass is 379 g/mol. The predicted molar refractivity (Wildman–Crippen MR) is 110 cm³/mol. The van der Waals surface area contributed by atoms with Gasteiger partial charge in [-0.15, -0.1) is 0 Å². The van der Waals surface area contributed by atoms with E-state index >= 15 is 0 Å². The standard InChI is InChI=1S/C22H29N5O/c28-22(19-8-14-27(15-9-19)21-17-23-10-11-24-21)25-16-20(26-12-4-5-13-26)18-6-2-1-3-7-18/h1-3,6-7,10-11,17,19-20H,4-5,8-9,12-16H2,(H,25,28). The van der Waals surface area contributed by atoms with Crippen LogP contribution in [0.25, 0.3) is 0 Å². The fourth-order valence-electron chi connectivity index (χ4n) is 4.35. The zero-order valence-corrected chi connectivity index (χ0v) is 16.3. The molecule has 1 aromatic heterocycles. The average Bonchev–Trinajstić information content (AvgIpc) is 3.30. The van der Waals surface area contributed by atoms with Gasteiger partial charge < -0.3 is 10.2 Å². The zero-order valence-electron chi connectivity index (χ0n) is 16.3. The van der Waals surface area contributed by atoms with Crippen molar-refractivity contribution < 1.29 is 4.79 Å². The minimum absolute atomic E-state index is 0.0860. The fourth-order valence-corrected chi connectivity index (χ4v) is 4.35. The number of hydrogen-bond acceptors (Lipinski definition) is 5. The van der Waals surface area contributed by atoms with E-state index in [4.69, 9.17) is 0 Å². The van der Waals surface area contributed by atoms with E-state index in [0.29, 0.717) is 6.54 Å². The summed E-state index contributed by atoms with van der Waals surface area (Å²) < 4.78 is 0. The molecule has 0 saturated carbocycles. The summed E-state index contributed by atoms with van der Waals surface area (Å²) in [5.41, 5.74) is 1.29. The van der Waals surface area contributed by atoms with E-state index < -0.39 is 0 Å². The Morgan fingerprint density at radius 1 is 1.07 bits per heavy atom. The highest BCUT2D eigenvalue weighted by Crippen LogP contribution is 2.25. The molecule has 28 heavy (non-hydrogen) atoms. The minimum atomic E-state index is 0.0860. The van der Waals surface area contributed by atoms with Crippen LogP contribution in [0.3, 0.4) is 0 Å². The van der Waals surface area contributed by atoms with E-state index in [0.717, 1.165) is 44.8 Å². The predicted octanol–water partition coefficient (Wildman–Crippen LogP) is 2.65. The number of carbonyl (C=O) groups is 1. The van der Waals surface area contributed by atoms with Crippen molar-refractivity contribution in [3.8, 4) is 0 Å². The number of nitrogens with zero attached hydrogens (tertiary/aromatic N) is 4. The second-order valence-corrected chi connectivity index (χ2v) is 7.74. The van der Waals surface area contributed by atoms with Gasteiger partial charge in [0.2, 0.25) is 5.91 Å². The van der Waals surface area contributed by atoms with Crippen LogP contribution < -0.4 is 10.2 Å². The molecule has 0 spiro atoms. The molecule has 2 fully saturated rings. The second-order valence-electron chi connectivity index (χ2n) is 7.74. The number of hydrogen-bond donors (Lipinski definition) is 1. The lowest BCUT2D eigenvalue weighted by atomic mass is 9.95. The Morgan fingerprint density at radius 2 is 1.82 bits per heavy atom. The van der Waals surface area contributed by atoms with Gasteiger partial charge in [-0.2, -0.15) is 0 Å². The van der Waals surface area contributed by atoms with E-state index in [1.807, 2.05) is 6.07 Å². The lowest BCUT2D eigenvalue weighted by Gasteiger charge is -2.33. The van der Waals surface area contributed by atoms with Gasteiger partial charge in [0.25, 0.3) is 0 Å². The smallest absolute Gasteiger partial charge is 0.223 e. The van der Waals surface area contributed by atoms with Crippen LogP contribution in [0.5, 0.6) is 0 Å². The molecule has 3 heterocycles. The van der Waals surface area contributed by atoms with E-state index in [9.17, 15) is 4.79 Å². The molecule has 0 aliphatic carbocycles. The summed E-state index contributed by atoms with van der Waals surface area (Å²) in [7, 11) is 0. The molecule has 6 heteroatoms. The van der Waals surface area contributed by atoms with Gasteiger partial charge in [0.1, 0.15) is 5.82 Å². The maximum Gasteiger partial charge on any atom is 0.223 e. The lowest BCUT2D eigenvalue weighted by molar-refractivity contribution is -0.125. The first-order chi connectivity index (χ1) is 13.8. The van der Waals surface area contributed by atoms with Gasteiger partial charge in [0.05, 0.1) is 12.2 Å². The Balaban J connectivity index is 1.31. The summed E-state index contributed by atoms with van der Waals surface area (Å²) in [5, 5.41) is 3.26. The summed E-state index contributed by atoms with van der Waals surface area (Å²) in [6.07, 6.45) is 9.42. The molecule has 4 rings (SSSR count). The minimum Gasteiger partial charge on any atom is -0.355 e. The highest BCUT2D eigenvalue weighted by molar-refractivity contribution is 5.79. The van der Waals surface area contributed by atoms with Gasteiger partial charge in [-0.3, -0.25) is 14.7 Å². The van der Waals surface area contributed by atoms with Gasteiger partial charge >= 0.3 is 0 Å². The van der Waals surface area contributed by atoms with Crippen LogP contribution in [-0.2, 0) is 4.79 Å². The van der Waals surface area contributed by atoms with Crippen LogP contribution in [0.4, 0.5) is 5.82 Å². The SMILES string of the molecule is O=C(NCC(c1ccccc1)N1CCCC1)C1CCN(c2cnccn2)CC1. The van der Waals surface area contributed by atoms with Crippen molar-refractivity contribution >= 4 is 11.7 Å². The molecule has 0 radical (unpaired) electrons. The number of likely N-dealkylation sites (tertiary alicyclic amines) is 1. The maximum atomic E-state index is 12.8. The third-order valence-electron chi connectivity index (χ3n) is 5.97. The van der Waals surface area contributed by atoms with Crippen molar-refractivity contribution in [1.29, 1.82) is 0 Å². The Hall–Kier alpha value is -2.47. The maximum absolute atomic E-state index is 12.8. The molecule has 2 aromatic rings. The van der Waals surface area contributed by atoms with Crippen molar-refractivity contribution in [2.24, 2.45) is 5.92 Å². The number of piperidine rings is 1. The van der Waals surface area contributed by atoms with E-state index in [-0.39, 0.29) is 17.9 Å². The number of nitrogens with one attached hydrogen (secondary N) is 1. The lowest BCUT2D eigenvalue weighted by Crippen LogP contribution is -2.43. The molecule has 2 aliphatic rings. The normalized spacial score (nSPS) is 19.5. The number of anilines is 1. The third kappa shape index (κ3) is 4.50. The van der Waals surface area contributed by atoms with Gasteiger partial charge in [-0.05, 0) is 44.3 Å². The molecular weight excluding hydrogens is 350 g/mol. The van der Waals surface area contributed by atoms with Gasteiger partial charge in [0, 0.05) is 37.9 Å². The number of amides is 1. The fraction of sp³-hybridized carbons (Fsp3) is 0.500. The highest BCUT2D eigenvalue weighted by Gasteiger charge is 2.28. The largest absolute Gasteiger partial charge is 0.355 e. The molecule has 1 atom stereocenters. The third-order valence-corrected chi connectivity index (χ3v) is 5.97. The van der Waals surface area contributed by atoms with Crippen molar-refractivity contribution in [3.63, 3.8) is 0 Å². The first-order valence-corrected chi connectivity index (χ1v) is 10.4. The Labute approximate surface area is 167 Å². The van der Waals surface area contributed by atoms with Crippen molar-refractivity contribution in [1.82, 2.24) is 20.2 Å². The number of rotatable bonds is 6. The number of carbonyl (C=O) groups excluding carboxylic acids is 1. The summed E-state index contributed by atoms with van der Waals surface area (Å²) >= 11 is 0. The van der Waals surface area contributed by atoms with E-state index in [1.165, 1.54) is 18.4 Å². The van der Waals surface area contributed by atoms with Crippen LogP contribution in [0, 0.1) is 5.92 Å². The van der Waals surface area contributed by atoms with Crippen molar-refractivity contribution in [2.45, 2.75) is 31.7 Å². The summed E-state index contributed by atoms with van der Waals surface area (Å²) in [4.78, 5) is 26.0. The van der Waals surface area contributed by atoms with Crippen molar-refractivity contribution in [2.75, 3.05) is 37.6 Å². The quantitative estimate of drug-likeness (QED) is 0.836. The Kier molecular flexibility index (Phi) is 6.17. The van der Waals surface area contributed by atoms with Gasteiger partial charge in [0.15, 0.2) is 0 Å². The molecule has 2 saturated heterocycles. The molecule has 148 valence electrons. The van der Waals surface area contributed by atoms with Crippen LogP contribution in [0.2, 0.25) is 0 Å². The molecule has 1 N–H and O–H groups in total. The Morgan fingerprint density at radius 3 is 2.50 bits per heavy atom. The van der Waals surface area contributed by atoms with Gasteiger partial charge in [-0.25, -0.2) is 4.98 Å². The molecule has 1 amide bonds. The van der Waals surface area contributed by atoms with Crippen LogP contribution >= 0.6 is 0 Å². The average molecular weight is 380 g/mol. The number of benzene rings is 1. The topological polar surface area (TPSA) is 61.4 Å². The first-order valence-electron chi connectivity index (χ1n) is 10.4. The second kappa shape index (κ2) is 9.15. The van der Waals surface area contributed by atoms with Crippen LogP contribution in [0.1, 0.15) is 37.3 Å². The molecule has 0 bridgehead atoms. The van der Waals surface area contributed by atoms with E-state index in [2.05, 4.69) is 49.4 Å². The summed E-state index contributed by atoms with van der Waals surface area (Å²) in [5.74, 6) is 1.18. The highest BCUT2D eigenvalue weighted by atomic mass is 16.1.